The molecule has 0 saturated carbocycles. The maximum atomic E-state index is 4.58. The number of hydrogen-bond acceptors (Lipinski definition) is 4. The largest absolute Gasteiger partial charge is 0.370 e. The summed E-state index contributed by atoms with van der Waals surface area (Å²) in [6.45, 7) is 3.10. The van der Waals surface area contributed by atoms with Crippen LogP contribution in [0.25, 0.3) is 11.0 Å². The van der Waals surface area contributed by atoms with Crippen molar-refractivity contribution in [1.29, 1.82) is 0 Å². The van der Waals surface area contributed by atoms with Crippen molar-refractivity contribution in [1.82, 2.24) is 15.0 Å². The van der Waals surface area contributed by atoms with E-state index in [1.807, 2.05) is 36.5 Å². The van der Waals surface area contributed by atoms with E-state index in [1.165, 1.54) is 5.56 Å². The molecule has 108 valence electrons. The lowest BCUT2D eigenvalue weighted by molar-refractivity contribution is 0.968. The molecule has 0 radical (unpaired) electrons. The number of benzene rings is 1. The summed E-state index contributed by atoms with van der Waals surface area (Å²) in [7, 11) is 0. The Morgan fingerprint density at radius 2 is 2.14 bits per heavy atom. The van der Waals surface area contributed by atoms with Gasteiger partial charge in [-0.15, -0.1) is 0 Å². The molecule has 2 N–H and O–H groups in total. The van der Waals surface area contributed by atoms with Crippen molar-refractivity contribution in [3.8, 4) is 0 Å². The molecule has 0 saturated heterocycles. The minimum Gasteiger partial charge on any atom is -0.370 e. The third kappa shape index (κ3) is 3.55. The molecule has 21 heavy (non-hydrogen) atoms. The number of hydrogen-bond donors (Lipinski definition) is 2. The second-order valence-corrected chi connectivity index (χ2v) is 5.79. The Morgan fingerprint density at radius 3 is 3.00 bits per heavy atom. The first-order valence-corrected chi connectivity index (χ1v) is 8.10. The zero-order valence-corrected chi connectivity index (χ0v) is 12.8. The zero-order valence-electron chi connectivity index (χ0n) is 12.0. The van der Waals surface area contributed by atoms with E-state index in [-0.39, 0.29) is 0 Å². The fourth-order valence-electron chi connectivity index (χ4n) is 2.06. The van der Waals surface area contributed by atoms with Gasteiger partial charge in [0.05, 0.1) is 11.0 Å². The summed E-state index contributed by atoms with van der Waals surface area (Å²) in [5.74, 6) is 1.82. The van der Waals surface area contributed by atoms with Crippen LogP contribution in [0.5, 0.6) is 0 Å². The van der Waals surface area contributed by atoms with Crippen molar-refractivity contribution in [2.45, 2.75) is 24.3 Å². The molecule has 0 atom stereocenters. The van der Waals surface area contributed by atoms with Gasteiger partial charge < -0.3 is 10.3 Å². The van der Waals surface area contributed by atoms with Crippen molar-refractivity contribution >= 4 is 28.6 Å². The molecule has 0 bridgehead atoms. The molecule has 0 spiro atoms. The first kappa shape index (κ1) is 13.9. The molecule has 3 aromatic rings. The van der Waals surface area contributed by atoms with Gasteiger partial charge in [-0.25, -0.2) is 9.97 Å². The Morgan fingerprint density at radius 1 is 1.24 bits per heavy atom. The van der Waals surface area contributed by atoms with Crippen LogP contribution in [0.2, 0.25) is 0 Å². The lowest BCUT2D eigenvalue weighted by Gasteiger charge is -2.05. The van der Waals surface area contributed by atoms with Crippen LogP contribution in [-0.4, -0.2) is 21.5 Å². The normalized spacial score (nSPS) is 10.9. The summed E-state index contributed by atoms with van der Waals surface area (Å²) in [5.41, 5.74) is 3.34. The van der Waals surface area contributed by atoms with Gasteiger partial charge in [-0.05, 0) is 36.2 Å². The van der Waals surface area contributed by atoms with Gasteiger partial charge in [-0.1, -0.05) is 30.8 Å². The molecule has 1 aromatic carbocycles. The summed E-state index contributed by atoms with van der Waals surface area (Å²) < 4.78 is 0. The highest BCUT2D eigenvalue weighted by Gasteiger charge is 2.04. The summed E-state index contributed by atoms with van der Waals surface area (Å²) >= 11 is 1.71. The highest BCUT2D eigenvalue weighted by atomic mass is 32.2. The second-order valence-electron chi connectivity index (χ2n) is 4.82. The Balaban J connectivity index is 1.66. The SMILES string of the molecule is CCCNc1cc(CSc2nc3ccccc3[nH]2)ccn1. The van der Waals surface area contributed by atoms with E-state index in [2.05, 4.69) is 33.3 Å². The molecule has 0 unspecified atom stereocenters. The summed E-state index contributed by atoms with van der Waals surface area (Å²) in [4.78, 5) is 12.2. The number of anilines is 1. The van der Waals surface area contributed by atoms with E-state index >= 15 is 0 Å². The molecule has 0 fully saturated rings. The lowest BCUT2D eigenvalue weighted by Crippen LogP contribution is -2.01. The highest BCUT2D eigenvalue weighted by molar-refractivity contribution is 7.98. The van der Waals surface area contributed by atoms with E-state index in [4.69, 9.17) is 0 Å². The molecule has 0 aliphatic heterocycles. The second kappa shape index (κ2) is 6.63. The van der Waals surface area contributed by atoms with E-state index in [0.717, 1.165) is 40.7 Å². The molecule has 0 aliphatic rings. The number of nitrogens with zero attached hydrogens (tertiary/aromatic N) is 2. The first-order chi connectivity index (χ1) is 10.3. The molecule has 0 amide bonds. The number of para-hydroxylation sites is 2. The number of nitrogens with one attached hydrogen (secondary N) is 2. The van der Waals surface area contributed by atoms with Gasteiger partial charge in [0.1, 0.15) is 5.82 Å². The van der Waals surface area contributed by atoms with Crippen molar-refractivity contribution in [2.24, 2.45) is 0 Å². The van der Waals surface area contributed by atoms with Crippen molar-refractivity contribution in [3.05, 3.63) is 48.2 Å². The number of rotatable bonds is 6. The van der Waals surface area contributed by atoms with E-state index in [9.17, 15) is 0 Å². The Labute approximate surface area is 128 Å². The number of aromatic nitrogens is 3. The lowest BCUT2D eigenvalue weighted by atomic mass is 10.3. The molecule has 5 heteroatoms. The van der Waals surface area contributed by atoms with E-state index in [1.54, 1.807) is 11.8 Å². The van der Waals surface area contributed by atoms with Gasteiger partial charge in [0, 0.05) is 18.5 Å². The number of H-pyrrole nitrogens is 1. The fraction of sp³-hybridized carbons (Fsp3) is 0.250. The van der Waals surface area contributed by atoms with Gasteiger partial charge in [0.15, 0.2) is 5.16 Å². The standard InChI is InChI=1S/C16H18N4S/c1-2-8-17-15-10-12(7-9-18-15)11-21-16-19-13-5-3-4-6-14(13)20-16/h3-7,9-10H,2,8,11H2,1H3,(H,17,18)(H,19,20). The molecule has 2 aromatic heterocycles. The van der Waals surface area contributed by atoms with Crippen LogP contribution in [0, 0.1) is 0 Å². The average Bonchev–Trinajstić information content (AvgIpc) is 2.94. The third-order valence-corrected chi connectivity index (χ3v) is 4.07. The summed E-state index contributed by atoms with van der Waals surface area (Å²) in [5, 5.41) is 4.27. The van der Waals surface area contributed by atoms with Crippen molar-refractivity contribution in [3.63, 3.8) is 0 Å². The predicted octanol–water partition coefficient (Wildman–Crippen LogP) is 4.07. The molecular formula is C16H18N4S. The first-order valence-electron chi connectivity index (χ1n) is 7.11. The molecule has 4 nitrogen and oxygen atoms in total. The van der Waals surface area contributed by atoms with E-state index < -0.39 is 0 Å². The smallest absolute Gasteiger partial charge is 0.166 e. The molecular weight excluding hydrogens is 280 g/mol. The van der Waals surface area contributed by atoms with Gasteiger partial charge in [0.25, 0.3) is 0 Å². The Bertz CT molecular complexity index is 690. The number of pyridine rings is 1. The number of imidazole rings is 1. The van der Waals surface area contributed by atoms with Crippen LogP contribution < -0.4 is 5.32 Å². The number of fused-ring (bicyclic) bond motifs is 1. The van der Waals surface area contributed by atoms with E-state index in [0.29, 0.717) is 0 Å². The van der Waals surface area contributed by atoms with Crippen LogP contribution in [0.1, 0.15) is 18.9 Å². The van der Waals surface area contributed by atoms with Crippen molar-refractivity contribution < 1.29 is 0 Å². The van der Waals surface area contributed by atoms with Crippen LogP contribution >= 0.6 is 11.8 Å². The number of aromatic amines is 1. The maximum absolute atomic E-state index is 4.58. The third-order valence-electron chi connectivity index (χ3n) is 3.12. The molecule has 0 aliphatic carbocycles. The van der Waals surface area contributed by atoms with Crippen LogP contribution in [0.4, 0.5) is 5.82 Å². The number of thioether (sulfide) groups is 1. The predicted molar refractivity (Wildman–Crippen MR) is 88.7 cm³/mol. The van der Waals surface area contributed by atoms with Gasteiger partial charge in [0.2, 0.25) is 0 Å². The average molecular weight is 298 g/mol. The molecule has 2 heterocycles. The monoisotopic (exact) mass is 298 g/mol. The quantitative estimate of drug-likeness (QED) is 0.673. The van der Waals surface area contributed by atoms with Gasteiger partial charge in [-0.3, -0.25) is 0 Å². The Kier molecular flexibility index (Phi) is 4.40. The summed E-state index contributed by atoms with van der Waals surface area (Å²) in [6.07, 6.45) is 2.95. The summed E-state index contributed by atoms with van der Waals surface area (Å²) in [6, 6.07) is 12.2. The minimum absolute atomic E-state index is 0.878. The van der Waals surface area contributed by atoms with Crippen molar-refractivity contribution in [2.75, 3.05) is 11.9 Å². The van der Waals surface area contributed by atoms with Crippen LogP contribution in [0.15, 0.2) is 47.8 Å². The highest BCUT2D eigenvalue weighted by Crippen LogP contribution is 2.23. The van der Waals surface area contributed by atoms with Crippen LogP contribution in [-0.2, 0) is 5.75 Å². The topological polar surface area (TPSA) is 53.6 Å². The zero-order chi connectivity index (χ0) is 14.5. The minimum atomic E-state index is 0.878. The maximum Gasteiger partial charge on any atom is 0.166 e. The van der Waals surface area contributed by atoms with Crippen LogP contribution in [0.3, 0.4) is 0 Å². The van der Waals surface area contributed by atoms with Gasteiger partial charge >= 0.3 is 0 Å². The molecule has 3 rings (SSSR count). The Hall–Kier alpha value is -2.01. The van der Waals surface area contributed by atoms with Gasteiger partial charge in [-0.2, -0.15) is 0 Å². The fourth-order valence-corrected chi connectivity index (χ4v) is 2.89.